The van der Waals surface area contributed by atoms with E-state index >= 15 is 0 Å². The molecule has 0 spiro atoms. The van der Waals surface area contributed by atoms with Gasteiger partial charge < -0.3 is 19.6 Å². The third kappa shape index (κ3) is 3.14. The fourth-order valence-corrected chi connectivity index (χ4v) is 2.40. The summed E-state index contributed by atoms with van der Waals surface area (Å²) in [5, 5.41) is 12.2. The van der Waals surface area contributed by atoms with Gasteiger partial charge in [0, 0.05) is 16.8 Å². The van der Waals surface area contributed by atoms with E-state index in [0.717, 1.165) is 11.3 Å². The molecular formula is C17H21NO4. The average molecular weight is 303 g/mol. The van der Waals surface area contributed by atoms with Crippen LogP contribution in [-0.2, 0) is 6.61 Å². The number of carbonyl (C=O) groups excluding carboxylic acids is 1. The zero-order valence-corrected chi connectivity index (χ0v) is 13.3. The van der Waals surface area contributed by atoms with E-state index < -0.39 is 0 Å². The molecule has 1 amide bonds. The Balaban J connectivity index is 2.25. The standard InChI is InChI=1S/C17H21NO4/c1-5-21-15-7-6-14(8-13(15)9-19)18-17(20)16-10(2)11(3)22-12(16)4/h6-8,19H,5,9H2,1-4H3,(H,18,20). The minimum atomic E-state index is -0.222. The molecule has 0 fully saturated rings. The van der Waals surface area contributed by atoms with Crippen LogP contribution in [0.25, 0.3) is 0 Å². The van der Waals surface area contributed by atoms with Crippen LogP contribution >= 0.6 is 0 Å². The quantitative estimate of drug-likeness (QED) is 0.888. The van der Waals surface area contributed by atoms with Crippen molar-refractivity contribution < 1.29 is 19.1 Å². The van der Waals surface area contributed by atoms with Crippen molar-refractivity contribution in [1.82, 2.24) is 0 Å². The van der Waals surface area contributed by atoms with Gasteiger partial charge in [0.05, 0.1) is 18.8 Å². The minimum Gasteiger partial charge on any atom is -0.494 e. The fraction of sp³-hybridized carbons (Fsp3) is 0.353. The van der Waals surface area contributed by atoms with Crippen molar-refractivity contribution in [3.05, 3.63) is 46.4 Å². The Morgan fingerprint density at radius 3 is 2.55 bits per heavy atom. The molecule has 1 aromatic heterocycles. The summed E-state index contributed by atoms with van der Waals surface area (Å²) in [5.74, 6) is 1.74. The molecule has 0 saturated heterocycles. The second-order valence-corrected chi connectivity index (χ2v) is 5.08. The second-order valence-electron chi connectivity index (χ2n) is 5.08. The van der Waals surface area contributed by atoms with E-state index in [1.165, 1.54) is 0 Å². The highest BCUT2D eigenvalue weighted by Crippen LogP contribution is 2.25. The van der Waals surface area contributed by atoms with E-state index in [9.17, 15) is 9.90 Å². The second kappa shape index (κ2) is 6.66. The predicted molar refractivity (Wildman–Crippen MR) is 84.4 cm³/mol. The first-order chi connectivity index (χ1) is 10.5. The number of anilines is 1. The molecule has 1 aromatic carbocycles. The van der Waals surface area contributed by atoms with Crippen molar-refractivity contribution in [3.8, 4) is 5.75 Å². The van der Waals surface area contributed by atoms with Crippen LogP contribution in [0.2, 0.25) is 0 Å². The van der Waals surface area contributed by atoms with Crippen LogP contribution < -0.4 is 10.1 Å². The Morgan fingerprint density at radius 2 is 2.00 bits per heavy atom. The number of hydrogen-bond acceptors (Lipinski definition) is 4. The number of amides is 1. The zero-order chi connectivity index (χ0) is 16.3. The van der Waals surface area contributed by atoms with Gasteiger partial charge in [-0.3, -0.25) is 4.79 Å². The maximum atomic E-state index is 12.4. The first-order valence-electron chi connectivity index (χ1n) is 7.22. The molecule has 0 aliphatic carbocycles. The number of aliphatic hydroxyl groups excluding tert-OH is 1. The lowest BCUT2D eigenvalue weighted by molar-refractivity contribution is 0.102. The molecule has 118 valence electrons. The molecule has 0 aliphatic rings. The monoisotopic (exact) mass is 303 g/mol. The van der Waals surface area contributed by atoms with Gasteiger partial charge in [-0.25, -0.2) is 0 Å². The molecule has 5 nitrogen and oxygen atoms in total. The molecule has 0 bridgehead atoms. The van der Waals surface area contributed by atoms with Crippen LogP contribution in [0, 0.1) is 20.8 Å². The van der Waals surface area contributed by atoms with Gasteiger partial charge >= 0.3 is 0 Å². The maximum Gasteiger partial charge on any atom is 0.259 e. The lowest BCUT2D eigenvalue weighted by Gasteiger charge is -2.11. The first-order valence-corrected chi connectivity index (χ1v) is 7.22. The Bertz CT molecular complexity index is 688. The molecule has 0 saturated carbocycles. The molecule has 22 heavy (non-hydrogen) atoms. The lowest BCUT2D eigenvalue weighted by Crippen LogP contribution is -2.14. The topological polar surface area (TPSA) is 71.7 Å². The average Bonchev–Trinajstić information content (AvgIpc) is 2.74. The number of carbonyl (C=O) groups is 1. The highest BCUT2D eigenvalue weighted by molar-refractivity contribution is 6.06. The summed E-state index contributed by atoms with van der Waals surface area (Å²) in [5.41, 5.74) is 2.63. The number of ether oxygens (including phenoxy) is 1. The van der Waals surface area contributed by atoms with Gasteiger partial charge in [-0.2, -0.15) is 0 Å². The summed E-state index contributed by atoms with van der Waals surface area (Å²) >= 11 is 0. The van der Waals surface area contributed by atoms with Crippen molar-refractivity contribution in [2.45, 2.75) is 34.3 Å². The normalized spacial score (nSPS) is 10.6. The van der Waals surface area contributed by atoms with Crippen LogP contribution in [0.1, 0.15) is 39.9 Å². The zero-order valence-electron chi connectivity index (χ0n) is 13.3. The molecule has 2 aromatic rings. The van der Waals surface area contributed by atoms with Crippen molar-refractivity contribution in [1.29, 1.82) is 0 Å². The lowest BCUT2D eigenvalue weighted by atomic mass is 10.1. The molecule has 2 N–H and O–H groups in total. The maximum absolute atomic E-state index is 12.4. The van der Waals surface area contributed by atoms with Gasteiger partial charge in [-0.15, -0.1) is 0 Å². The van der Waals surface area contributed by atoms with Crippen molar-refractivity contribution >= 4 is 11.6 Å². The fourth-order valence-electron chi connectivity index (χ4n) is 2.40. The van der Waals surface area contributed by atoms with E-state index in [1.54, 1.807) is 25.1 Å². The molecule has 0 aliphatic heterocycles. The SMILES string of the molecule is CCOc1ccc(NC(=O)c2c(C)oc(C)c2C)cc1CO. The summed E-state index contributed by atoms with van der Waals surface area (Å²) < 4.78 is 10.9. The largest absolute Gasteiger partial charge is 0.494 e. The van der Waals surface area contributed by atoms with Crippen LogP contribution in [0.5, 0.6) is 5.75 Å². The number of nitrogens with one attached hydrogen (secondary N) is 1. The van der Waals surface area contributed by atoms with Gasteiger partial charge in [0.25, 0.3) is 5.91 Å². The first kappa shape index (κ1) is 16.1. The summed E-state index contributed by atoms with van der Waals surface area (Å²) in [6.45, 7) is 7.71. The third-order valence-corrected chi connectivity index (χ3v) is 3.58. The van der Waals surface area contributed by atoms with Gasteiger partial charge in [0.15, 0.2) is 0 Å². The number of hydrogen-bond donors (Lipinski definition) is 2. The van der Waals surface area contributed by atoms with Gasteiger partial charge in [-0.1, -0.05) is 0 Å². The van der Waals surface area contributed by atoms with Crippen molar-refractivity contribution in [2.24, 2.45) is 0 Å². The van der Waals surface area contributed by atoms with Gasteiger partial charge in [0.2, 0.25) is 0 Å². The Hall–Kier alpha value is -2.27. The summed E-state index contributed by atoms with van der Waals surface area (Å²) in [6, 6.07) is 5.20. The number of benzene rings is 1. The van der Waals surface area contributed by atoms with Crippen LogP contribution in [0.4, 0.5) is 5.69 Å². The van der Waals surface area contributed by atoms with Gasteiger partial charge in [-0.05, 0) is 45.9 Å². The van der Waals surface area contributed by atoms with Crippen LogP contribution in [0.3, 0.4) is 0 Å². The van der Waals surface area contributed by atoms with E-state index in [-0.39, 0.29) is 12.5 Å². The van der Waals surface area contributed by atoms with Crippen LogP contribution in [0.15, 0.2) is 22.6 Å². The highest BCUT2D eigenvalue weighted by Gasteiger charge is 2.19. The smallest absolute Gasteiger partial charge is 0.259 e. The van der Waals surface area contributed by atoms with E-state index in [1.807, 2.05) is 20.8 Å². The molecule has 5 heteroatoms. The predicted octanol–water partition coefficient (Wildman–Crippen LogP) is 3.35. The van der Waals surface area contributed by atoms with E-state index in [0.29, 0.717) is 34.9 Å². The molecule has 1 heterocycles. The summed E-state index contributed by atoms with van der Waals surface area (Å²) in [4.78, 5) is 12.4. The van der Waals surface area contributed by atoms with Gasteiger partial charge in [0.1, 0.15) is 17.3 Å². The molecule has 0 unspecified atom stereocenters. The number of aliphatic hydroxyl groups is 1. The molecule has 0 radical (unpaired) electrons. The van der Waals surface area contributed by atoms with Crippen molar-refractivity contribution in [3.63, 3.8) is 0 Å². The van der Waals surface area contributed by atoms with E-state index in [2.05, 4.69) is 5.32 Å². The van der Waals surface area contributed by atoms with Crippen LogP contribution in [-0.4, -0.2) is 17.6 Å². The Morgan fingerprint density at radius 1 is 1.27 bits per heavy atom. The molecule has 0 atom stereocenters. The van der Waals surface area contributed by atoms with E-state index in [4.69, 9.17) is 9.15 Å². The Labute approximate surface area is 129 Å². The minimum absolute atomic E-state index is 0.151. The number of aryl methyl sites for hydroxylation is 2. The number of furan rings is 1. The third-order valence-electron chi connectivity index (χ3n) is 3.58. The number of rotatable bonds is 5. The van der Waals surface area contributed by atoms with Crippen molar-refractivity contribution in [2.75, 3.05) is 11.9 Å². The summed E-state index contributed by atoms with van der Waals surface area (Å²) in [6.07, 6.45) is 0. The highest BCUT2D eigenvalue weighted by atomic mass is 16.5. The molecule has 2 rings (SSSR count). The molecular weight excluding hydrogens is 282 g/mol. The Kier molecular flexibility index (Phi) is 4.88. The summed E-state index contributed by atoms with van der Waals surface area (Å²) in [7, 11) is 0.